The molecule has 3 aliphatic rings. The third-order valence-corrected chi connectivity index (χ3v) is 6.38. The van der Waals surface area contributed by atoms with Crippen molar-refractivity contribution >= 4 is 11.7 Å². The summed E-state index contributed by atoms with van der Waals surface area (Å²) in [4.78, 5) is 23.9. The first-order valence-corrected chi connectivity index (χ1v) is 10.1. The van der Waals surface area contributed by atoms with Gasteiger partial charge in [-0.2, -0.15) is 0 Å². The molecule has 142 valence electrons. The van der Waals surface area contributed by atoms with Crippen LogP contribution >= 0.6 is 0 Å². The van der Waals surface area contributed by atoms with Gasteiger partial charge in [0.1, 0.15) is 5.82 Å². The number of carbonyl (C=O) groups excluding carboxylic acids is 1. The maximum absolute atomic E-state index is 12.7. The number of amides is 1. The summed E-state index contributed by atoms with van der Waals surface area (Å²) in [5.41, 5.74) is 0. The summed E-state index contributed by atoms with van der Waals surface area (Å²) in [6.45, 7) is 4.85. The molecule has 3 fully saturated rings. The van der Waals surface area contributed by atoms with E-state index in [0.717, 1.165) is 51.4 Å². The summed E-state index contributed by atoms with van der Waals surface area (Å²) < 4.78 is 0. The molecular formula is C20H31N5O. The van der Waals surface area contributed by atoms with E-state index in [1.165, 1.54) is 12.8 Å². The van der Waals surface area contributed by atoms with Crippen LogP contribution in [0, 0.1) is 0 Å². The third kappa shape index (κ3) is 4.01. The summed E-state index contributed by atoms with van der Waals surface area (Å²) in [6, 6.07) is 7.76. The van der Waals surface area contributed by atoms with Crippen LogP contribution in [0.5, 0.6) is 0 Å². The minimum absolute atomic E-state index is 0.309. The number of rotatable bonds is 5. The summed E-state index contributed by atoms with van der Waals surface area (Å²) in [7, 11) is 2.01. The smallest absolute Gasteiger partial charge is 0.223 e. The molecule has 1 amide bonds. The van der Waals surface area contributed by atoms with Gasteiger partial charge >= 0.3 is 0 Å². The van der Waals surface area contributed by atoms with Crippen molar-refractivity contribution in [2.45, 2.75) is 50.2 Å². The van der Waals surface area contributed by atoms with E-state index < -0.39 is 0 Å². The number of nitrogens with one attached hydrogen (secondary N) is 1. The van der Waals surface area contributed by atoms with Crippen molar-refractivity contribution in [1.29, 1.82) is 0 Å². The maximum atomic E-state index is 12.7. The Morgan fingerprint density at radius 1 is 1.19 bits per heavy atom. The van der Waals surface area contributed by atoms with Gasteiger partial charge in [0.2, 0.25) is 5.91 Å². The van der Waals surface area contributed by atoms with E-state index in [9.17, 15) is 4.79 Å². The average molecular weight is 358 g/mol. The number of piperidine rings is 1. The number of hydrogen-bond donors (Lipinski definition) is 1. The molecule has 4 rings (SSSR count). The highest BCUT2D eigenvalue weighted by molar-refractivity contribution is 5.76. The van der Waals surface area contributed by atoms with E-state index in [2.05, 4.69) is 26.2 Å². The lowest BCUT2D eigenvalue weighted by atomic mass is 9.98. The van der Waals surface area contributed by atoms with Gasteiger partial charge in [0.15, 0.2) is 0 Å². The van der Waals surface area contributed by atoms with Gasteiger partial charge in [0.05, 0.1) is 0 Å². The molecule has 2 unspecified atom stereocenters. The highest BCUT2D eigenvalue weighted by atomic mass is 16.2. The molecule has 2 bridgehead atoms. The van der Waals surface area contributed by atoms with Crippen LogP contribution in [0.3, 0.4) is 0 Å². The molecular weight excluding hydrogens is 326 g/mol. The number of carbonyl (C=O) groups is 1. The van der Waals surface area contributed by atoms with Crippen LogP contribution in [0.1, 0.15) is 32.1 Å². The molecule has 3 saturated heterocycles. The normalized spacial score (nSPS) is 29.0. The molecule has 0 saturated carbocycles. The second-order valence-corrected chi connectivity index (χ2v) is 8.03. The van der Waals surface area contributed by atoms with Crippen molar-refractivity contribution in [3.8, 4) is 0 Å². The summed E-state index contributed by atoms with van der Waals surface area (Å²) in [6.07, 6.45) is 7.30. The van der Waals surface area contributed by atoms with E-state index in [0.29, 0.717) is 30.5 Å². The number of fused-ring (bicyclic) bond motifs is 2. The Balaban J connectivity index is 1.20. The molecule has 26 heavy (non-hydrogen) atoms. The van der Waals surface area contributed by atoms with Crippen LogP contribution in [0.25, 0.3) is 0 Å². The Morgan fingerprint density at radius 2 is 1.92 bits per heavy atom. The molecule has 2 atom stereocenters. The van der Waals surface area contributed by atoms with Crippen molar-refractivity contribution in [3.05, 3.63) is 24.4 Å². The predicted octanol–water partition coefficient (Wildman–Crippen LogP) is 1.34. The van der Waals surface area contributed by atoms with Crippen LogP contribution in [-0.4, -0.2) is 78.6 Å². The molecule has 0 aliphatic carbocycles. The van der Waals surface area contributed by atoms with Gasteiger partial charge in [-0.3, -0.25) is 9.69 Å². The zero-order valence-electron chi connectivity index (χ0n) is 15.8. The van der Waals surface area contributed by atoms with Gasteiger partial charge in [0, 0.05) is 70.5 Å². The highest BCUT2D eigenvalue weighted by Crippen LogP contribution is 2.29. The average Bonchev–Trinajstić information content (AvgIpc) is 3.04. The fourth-order valence-electron chi connectivity index (χ4n) is 4.72. The Kier molecular flexibility index (Phi) is 5.41. The zero-order valence-corrected chi connectivity index (χ0v) is 15.8. The highest BCUT2D eigenvalue weighted by Gasteiger charge is 2.36. The molecule has 6 nitrogen and oxygen atoms in total. The molecule has 0 radical (unpaired) electrons. The fourth-order valence-corrected chi connectivity index (χ4v) is 4.72. The Labute approximate surface area is 156 Å². The van der Waals surface area contributed by atoms with Crippen LogP contribution < -0.4 is 10.2 Å². The second-order valence-electron chi connectivity index (χ2n) is 8.03. The number of piperazine rings is 1. The Bertz CT molecular complexity index is 589. The second kappa shape index (κ2) is 7.92. The van der Waals surface area contributed by atoms with Crippen LogP contribution in [0.15, 0.2) is 24.4 Å². The molecule has 0 spiro atoms. The summed E-state index contributed by atoms with van der Waals surface area (Å²) in [5.74, 6) is 1.37. The molecule has 3 aliphatic heterocycles. The van der Waals surface area contributed by atoms with Gasteiger partial charge in [-0.25, -0.2) is 4.98 Å². The van der Waals surface area contributed by atoms with Crippen molar-refractivity contribution in [1.82, 2.24) is 20.1 Å². The number of anilines is 1. The van der Waals surface area contributed by atoms with Gasteiger partial charge in [0.25, 0.3) is 0 Å². The first-order valence-electron chi connectivity index (χ1n) is 10.1. The monoisotopic (exact) mass is 357 g/mol. The fraction of sp³-hybridized carbons (Fsp3) is 0.700. The van der Waals surface area contributed by atoms with Crippen LogP contribution in [0.2, 0.25) is 0 Å². The SMILES string of the molecule is CN(C(=O)CCN1CCN(c2ccccn2)CC1)C1CC2CCC(C1)N2. The molecule has 1 aromatic rings. The quantitative estimate of drug-likeness (QED) is 0.862. The minimum Gasteiger partial charge on any atom is -0.354 e. The van der Waals surface area contributed by atoms with Crippen LogP contribution in [0.4, 0.5) is 5.82 Å². The number of nitrogens with zero attached hydrogens (tertiary/aromatic N) is 4. The molecule has 1 N–H and O–H groups in total. The van der Waals surface area contributed by atoms with E-state index in [1.54, 1.807) is 0 Å². The third-order valence-electron chi connectivity index (χ3n) is 6.38. The van der Waals surface area contributed by atoms with Gasteiger partial charge in [-0.15, -0.1) is 0 Å². The first kappa shape index (κ1) is 17.7. The molecule has 4 heterocycles. The van der Waals surface area contributed by atoms with Gasteiger partial charge in [-0.1, -0.05) is 6.07 Å². The molecule has 1 aromatic heterocycles. The number of hydrogen-bond acceptors (Lipinski definition) is 5. The van der Waals surface area contributed by atoms with E-state index >= 15 is 0 Å². The molecule has 0 aromatic carbocycles. The van der Waals surface area contributed by atoms with Crippen LogP contribution in [-0.2, 0) is 4.79 Å². The van der Waals surface area contributed by atoms with Gasteiger partial charge < -0.3 is 15.1 Å². The van der Waals surface area contributed by atoms with Crippen molar-refractivity contribution < 1.29 is 4.79 Å². The number of aromatic nitrogens is 1. The Morgan fingerprint density at radius 3 is 2.58 bits per heavy atom. The van der Waals surface area contributed by atoms with Gasteiger partial charge in [-0.05, 0) is 37.8 Å². The number of pyridine rings is 1. The lowest BCUT2D eigenvalue weighted by molar-refractivity contribution is -0.133. The predicted molar refractivity (Wildman–Crippen MR) is 103 cm³/mol. The standard InChI is InChI=1S/C20H31N5O/c1-23(18-14-16-5-6-17(15-18)22-16)20(26)7-9-24-10-12-25(13-11-24)19-4-2-3-8-21-19/h2-4,8,16-18,22H,5-7,9-15H2,1H3. The van der Waals surface area contributed by atoms with Crippen molar-refractivity contribution in [2.75, 3.05) is 44.7 Å². The zero-order chi connectivity index (χ0) is 17.9. The topological polar surface area (TPSA) is 51.7 Å². The van der Waals surface area contributed by atoms with E-state index in [1.807, 2.05) is 30.3 Å². The van der Waals surface area contributed by atoms with Crippen molar-refractivity contribution in [2.24, 2.45) is 0 Å². The summed E-state index contributed by atoms with van der Waals surface area (Å²) >= 11 is 0. The maximum Gasteiger partial charge on any atom is 0.223 e. The molecule has 6 heteroatoms. The lowest BCUT2D eigenvalue weighted by Gasteiger charge is -2.37. The van der Waals surface area contributed by atoms with E-state index in [-0.39, 0.29) is 0 Å². The summed E-state index contributed by atoms with van der Waals surface area (Å²) in [5, 5.41) is 3.66. The van der Waals surface area contributed by atoms with Crippen molar-refractivity contribution in [3.63, 3.8) is 0 Å². The largest absolute Gasteiger partial charge is 0.354 e. The first-order chi connectivity index (χ1) is 12.7. The Hall–Kier alpha value is -1.66. The lowest BCUT2D eigenvalue weighted by Crippen LogP contribution is -2.50. The van der Waals surface area contributed by atoms with E-state index in [4.69, 9.17) is 0 Å². The minimum atomic E-state index is 0.309.